The maximum Gasteiger partial charge on any atom is 0.0300 e. The largest absolute Gasteiger partial charge is 0.324 e. The first kappa shape index (κ1) is 11.7. The third kappa shape index (κ3) is 2.01. The zero-order valence-corrected chi connectivity index (χ0v) is 10.6. The van der Waals surface area contributed by atoms with Gasteiger partial charge in [-0.3, -0.25) is 0 Å². The normalized spacial score (nSPS) is 20.3. The van der Waals surface area contributed by atoms with Crippen LogP contribution in [0, 0.1) is 0 Å². The van der Waals surface area contributed by atoms with Gasteiger partial charge in [-0.05, 0) is 54.4 Å². The van der Waals surface area contributed by atoms with Crippen molar-refractivity contribution in [1.82, 2.24) is 0 Å². The molecule has 1 aliphatic carbocycles. The zero-order chi connectivity index (χ0) is 11.5. The predicted octanol–water partition coefficient (Wildman–Crippen LogP) is 3.54. The highest BCUT2D eigenvalue weighted by molar-refractivity contribution is 5.44. The second-order valence-electron chi connectivity index (χ2n) is 4.84. The summed E-state index contributed by atoms with van der Waals surface area (Å²) in [5, 5.41) is 0. The van der Waals surface area contributed by atoms with Gasteiger partial charge in [0.15, 0.2) is 0 Å². The van der Waals surface area contributed by atoms with E-state index in [1.54, 1.807) is 5.56 Å². The van der Waals surface area contributed by atoms with Gasteiger partial charge >= 0.3 is 0 Å². The SMILES string of the molecule is CCc1ccc(CC)c2c1CCCC[C@H]2N. The second-order valence-corrected chi connectivity index (χ2v) is 4.84. The Hall–Kier alpha value is -0.820. The molecule has 2 N–H and O–H groups in total. The van der Waals surface area contributed by atoms with E-state index in [0.717, 1.165) is 19.3 Å². The Kier molecular flexibility index (Phi) is 3.65. The van der Waals surface area contributed by atoms with Crippen LogP contribution in [0.1, 0.15) is 61.4 Å². The van der Waals surface area contributed by atoms with Gasteiger partial charge in [0.05, 0.1) is 0 Å². The number of aryl methyl sites for hydroxylation is 2. The summed E-state index contributed by atoms with van der Waals surface area (Å²) in [5.41, 5.74) is 12.4. The summed E-state index contributed by atoms with van der Waals surface area (Å²) in [7, 11) is 0. The van der Waals surface area contributed by atoms with Gasteiger partial charge in [0.25, 0.3) is 0 Å². The number of hydrogen-bond donors (Lipinski definition) is 1. The first-order chi connectivity index (χ1) is 7.77. The molecule has 1 atom stereocenters. The molecule has 16 heavy (non-hydrogen) atoms. The number of benzene rings is 1. The fourth-order valence-electron chi connectivity index (χ4n) is 2.97. The van der Waals surface area contributed by atoms with E-state index >= 15 is 0 Å². The first-order valence-electron chi connectivity index (χ1n) is 6.67. The lowest BCUT2D eigenvalue weighted by Gasteiger charge is -2.20. The van der Waals surface area contributed by atoms with Crippen molar-refractivity contribution in [3.8, 4) is 0 Å². The van der Waals surface area contributed by atoms with Crippen molar-refractivity contribution < 1.29 is 0 Å². The fourth-order valence-corrected chi connectivity index (χ4v) is 2.97. The highest BCUT2D eigenvalue weighted by atomic mass is 14.6. The lowest BCUT2D eigenvalue weighted by molar-refractivity contribution is 0.612. The van der Waals surface area contributed by atoms with Crippen LogP contribution in [0.4, 0.5) is 0 Å². The lowest BCUT2D eigenvalue weighted by Crippen LogP contribution is -2.14. The number of rotatable bonds is 2. The highest BCUT2D eigenvalue weighted by Crippen LogP contribution is 2.32. The third-order valence-electron chi connectivity index (χ3n) is 3.87. The highest BCUT2D eigenvalue weighted by Gasteiger charge is 2.19. The minimum absolute atomic E-state index is 0.277. The molecule has 1 aromatic rings. The smallest absolute Gasteiger partial charge is 0.0300 e. The van der Waals surface area contributed by atoms with Crippen LogP contribution in [0.15, 0.2) is 12.1 Å². The van der Waals surface area contributed by atoms with Crippen LogP contribution >= 0.6 is 0 Å². The van der Waals surface area contributed by atoms with Crippen LogP contribution < -0.4 is 5.73 Å². The molecule has 1 aromatic carbocycles. The predicted molar refractivity (Wildman–Crippen MR) is 69.7 cm³/mol. The van der Waals surface area contributed by atoms with E-state index in [9.17, 15) is 0 Å². The molecular formula is C15H23N. The van der Waals surface area contributed by atoms with E-state index in [2.05, 4.69) is 26.0 Å². The summed E-state index contributed by atoms with van der Waals surface area (Å²) < 4.78 is 0. The third-order valence-corrected chi connectivity index (χ3v) is 3.87. The van der Waals surface area contributed by atoms with Gasteiger partial charge in [-0.25, -0.2) is 0 Å². The Morgan fingerprint density at radius 3 is 2.50 bits per heavy atom. The van der Waals surface area contributed by atoms with E-state index in [1.807, 2.05) is 0 Å². The van der Waals surface area contributed by atoms with E-state index in [1.165, 1.54) is 36.0 Å². The quantitative estimate of drug-likeness (QED) is 0.753. The zero-order valence-electron chi connectivity index (χ0n) is 10.6. The Morgan fingerprint density at radius 1 is 1.12 bits per heavy atom. The van der Waals surface area contributed by atoms with E-state index in [0.29, 0.717) is 0 Å². The summed E-state index contributed by atoms with van der Waals surface area (Å²) in [4.78, 5) is 0. The maximum atomic E-state index is 6.35. The van der Waals surface area contributed by atoms with Gasteiger partial charge < -0.3 is 5.73 Å². The number of nitrogens with two attached hydrogens (primary N) is 1. The molecule has 1 nitrogen and oxygen atoms in total. The first-order valence-corrected chi connectivity index (χ1v) is 6.67. The molecule has 0 heterocycles. The van der Waals surface area contributed by atoms with E-state index in [4.69, 9.17) is 5.73 Å². The molecule has 0 radical (unpaired) electrons. The molecule has 0 spiro atoms. The molecule has 0 saturated carbocycles. The van der Waals surface area contributed by atoms with Crippen molar-refractivity contribution in [2.75, 3.05) is 0 Å². The molecular weight excluding hydrogens is 194 g/mol. The second kappa shape index (κ2) is 5.01. The van der Waals surface area contributed by atoms with Crippen molar-refractivity contribution in [1.29, 1.82) is 0 Å². The van der Waals surface area contributed by atoms with E-state index < -0.39 is 0 Å². The molecule has 1 heteroatoms. The van der Waals surface area contributed by atoms with Crippen LogP contribution in [0.2, 0.25) is 0 Å². The molecule has 0 aliphatic heterocycles. The fraction of sp³-hybridized carbons (Fsp3) is 0.600. The van der Waals surface area contributed by atoms with Gasteiger partial charge in [-0.15, -0.1) is 0 Å². The van der Waals surface area contributed by atoms with Crippen molar-refractivity contribution in [3.05, 3.63) is 34.4 Å². The Morgan fingerprint density at radius 2 is 1.81 bits per heavy atom. The van der Waals surface area contributed by atoms with Crippen LogP contribution in [0.5, 0.6) is 0 Å². The summed E-state index contributed by atoms with van der Waals surface area (Å²) in [5.74, 6) is 0. The average Bonchev–Trinajstić information content (AvgIpc) is 2.51. The summed E-state index contributed by atoms with van der Waals surface area (Å²) in [6.45, 7) is 4.48. The van der Waals surface area contributed by atoms with Gasteiger partial charge in [-0.1, -0.05) is 32.4 Å². The van der Waals surface area contributed by atoms with Crippen molar-refractivity contribution in [2.45, 2.75) is 58.4 Å². The van der Waals surface area contributed by atoms with Crippen LogP contribution in [-0.2, 0) is 19.3 Å². The van der Waals surface area contributed by atoms with Crippen LogP contribution in [0.25, 0.3) is 0 Å². The lowest BCUT2D eigenvalue weighted by atomic mass is 9.88. The minimum atomic E-state index is 0.277. The van der Waals surface area contributed by atoms with Crippen LogP contribution in [-0.4, -0.2) is 0 Å². The number of fused-ring (bicyclic) bond motifs is 1. The van der Waals surface area contributed by atoms with E-state index in [-0.39, 0.29) is 6.04 Å². The summed E-state index contributed by atoms with van der Waals surface area (Å²) in [6, 6.07) is 4.89. The van der Waals surface area contributed by atoms with Crippen LogP contribution in [0.3, 0.4) is 0 Å². The molecule has 2 rings (SSSR count). The topological polar surface area (TPSA) is 26.0 Å². The van der Waals surface area contributed by atoms with Crippen molar-refractivity contribution in [2.24, 2.45) is 5.73 Å². The van der Waals surface area contributed by atoms with Crippen molar-refractivity contribution >= 4 is 0 Å². The molecule has 88 valence electrons. The Bertz CT molecular complexity index is 368. The average molecular weight is 217 g/mol. The summed E-state index contributed by atoms with van der Waals surface area (Å²) in [6.07, 6.45) is 7.23. The minimum Gasteiger partial charge on any atom is -0.324 e. The summed E-state index contributed by atoms with van der Waals surface area (Å²) >= 11 is 0. The molecule has 0 aromatic heterocycles. The monoisotopic (exact) mass is 217 g/mol. The maximum absolute atomic E-state index is 6.35. The van der Waals surface area contributed by atoms with Gasteiger partial charge in [0.1, 0.15) is 0 Å². The molecule has 0 bridgehead atoms. The molecule has 0 unspecified atom stereocenters. The Labute approximate surface area is 99.0 Å². The molecule has 0 amide bonds. The Balaban J connectivity index is 2.56. The molecule has 0 fully saturated rings. The molecule has 0 saturated heterocycles. The van der Waals surface area contributed by atoms with Crippen molar-refractivity contribution in [3.63, 3.8) is 0 Å². The van der Waals surface area contributed by atoms with Gasteiger partial charge in [0.2, 0.25) is 0 Å². The molecule has 1 aliphatic rings. The number of hydrogen-bond acceptors (Lipinski definition) is 1. The van der Waals surface area contributed by atoms with Gasteiger partial charge in [0, 0.05) is 6.04 Å². The standard InChI is InChI=1S/C15H23N/c1-3-11-9-10-12(4-2)15-13(11)7-5-6-8-14(15)16/h9-10,14H,3-8,16H2,1-2H3/t14-/m1/s1. The van der Waals surface area contributed by atoms with Gasteiger partial charge in [-0.2, -0.15) is 0 Å².